The third-order valence-electron chi connectivity index (χ3n) is 4.12. The van der Waals surface area contributed by atoms with Crippen LogP contribution in [-0.4, -0.2) is 61.5 Å². The highest BCUT2D eigenvalue weighted by atomic mass is 35.5. The van der Waals surface area contributed by atoms with Crippen molar-refractivity contribution in [3.8, 4) is 0 Å². The van der Waals surface area contributed by atoms with Gasteiger partial charge in [-0.2, -0.15) is 24.9 Å². The molecule has 1 aliphatic heterocycles. The molecular formula is C17H25ClF3N3OS. The lowest BCUT2D eigenvalue weighted by molar-refractivity contribution is -0.183. The van der Waals surface area contributed by atoms with Crippen LogP contribution < -0.4 is 10.6 Å². The second-order valence-corrected chi connectivity index (χ2v) is 7.16. The Morgan fingerprint density at radius 2 is 1.88 bits per heavy atom. The summed E-state index contributed by atoms with van der Waals surface area (Å²) in [7, 11) is 0. The van der Waals surface area contributed by atoms with Gasteiger partial charge in [0, 0.05) is 44.0 Å². The second-order valence-electron chi connectivity index (χ2n) is 5.89. The van der Waals surface area contributed by atoms with Crippen LogP contribution in [0.15, 0.2) is 24.3 Å². The fourth-order valence-corrected chi connectivity index (χ4v) is 3.34. The smallest absolute Gasteiger partial charge is 0.350 e. The molecular weight excluding hydrogens is 387 g/mol. The lowest BCUT2D eigenvalue weighted by atomic mass is 10.1. The SMILES string of the molecule is CCSCc1ccc(C(=O)NCC(N2CCNCC2)C(F)(F)F)cc1.Cl. The Morgan fingerprint density at radius 3 is 2.42 bits per heavy atom. The number of amides is 1. The monoisotopic (exact) mass is 411 g/mol. The molecule has 9 heteroatoms. The molecule has 1 saturated heterocycles. The first-order chi connectivity index (χ1) is 11.9. The number of carbonyl (C=O) groups is 1. The number of alkyl halides is 3. The Labute approximate surface area is 162 Å². The Balaban J connectivity index is 0.00000338. The lowest BCUT2D eigenvalue weighted by Gasteiger charge is -2.35. The highest BCUT2D eigenvalue weighted by Gasteiger charge is 2.43. The number of halogens is 4. The van der Waals surface area contributed by atoms with Crippen LogP contribution in [-0.2, 0) is 5.75 Å². The van der Waals surface area contributed by atoms with Crippen molar-refractivity contribution in [2.45, 2.75) is 24.9 Å². The van der Waals surface area contributed by atoms with Crippen LogP contribution in [0.4, 0.5) is 13.2 Å². The number of hydrogen-bond donors (Lipinski definition) is 2. The van der Waals surface area contributed by atoms with Crippen LogP contribution in [0.25, 0.3) is 0 Å². The lowest BCUT2D eigenvalue weighted by Crippen LogP contribution is -2.57. The van der Waals surface area contributed by atoms with E-state index < -0.39 is 24.7 Å². The normalized spacial score (nSPS) is 16.6. The van der Waals surface area contributed by atoms with Gasteiger partial charge < -0.3 is 10.6 Å². The Kier molecular flexibility index (Phi) is 9.78. The summed E-state index contributed by atoms with van der Waals surface area (Å²) in [5.41, 5.74) is 1.48. The summed E-state index contributed by atoms with van der Waals surface area (Å²) in [5, 5.41) is 5.47. The van der Waals surface area contributed by atoms with Gasteiger partial charge in [0.1, 0.15) is 6.04 Å². The standard InChI is InChI=1S/C17H24F3N3OS.ClH/c1-2-25-12-13-3-5-14(6-4-13)16(24)22-11-15(17(18,19)20)23-9-7-21-8-10-23;/h3-6,15,21H,2,7-12H2,1H3,(H,22,24);1H. The summed E-state index contributed by atoms with van der Waals surface area (Å²) < 4.78 is 39.9. The number of nitrogens with zero attached hydrogens (tertiary/aromatic N) is 1. The van der Waals surface area contributed by atoms with Crippen molar-refractivity contribution in [1.82, 2.24) is 15.5 Å². The van der Waals surface area contributed by atoms with E-state index in [-0.39, 0.29) is 12.4 Å². The van der Waals surface area contributed by atoms with E-state index in [9.17, 15) is 18.0 Å². The molecule has 1 unspecified atom stereocenters. The first-order valence-electron chi connectivity index (χ1n) is 8.38. The van der Waals surface area contributed by atoms with Crippen molar-refractivity contribution in [1.29, 1.82) is 0 Å². The van der Waals surface area contributed by atoms with Crippen LogP contribution in [0.3, 0.4) is 0 Å². The summed E-state index contributed by atoms with van der Waals surface area (Å²) in [6.07, 6.45) is -4.37. The molecule has 0 aromatic heterocycles. The van der Waals surface area contributed by atoms with Crippen LogP contribution in [0.5, 0.6) is 0 Å². The summed E-state index contributed by atoms with van der Waals surface area (Å²) in [4.78, 5) is 13.5. The molecule has 0 bridgehead atoms. The predicted octanol–water partition coefficient (Wildman–Crippen LogP) is 2.93. The van der Waals surface area contributed by atoms with Crippen LogP contribution in [0.1, 0.15) is 22.8 Å². The molecule has 26 heavy (non-hydrogen) atoms. The van der Waals surface area contributed by atoms with Crippen LogP contribution >= 0.6 is 24.2 Å². The van der Waals surface area contributed by atoms with Crippen LogP contribution in [0.2, 0.25) is 0 Å². The van der Waals surface area contributed by atoms with E-state index in [1.54, 1.807) is 23.9 Å². The topological polar surface area (TPSA) is 44.4 Å². The zero-order chi connectivity index (χ0) is 18.3. The maximum Gasteiger partial charge on any atom is 0.405 e. The fourth-order valence-electron chi connectivity index (χ4n) is 2.71. The summed E-state index contributed by atoms with van der Waals surface area (Å²) in [6, 6.07) is 5.35. The molecule has 0 spiro atoms. The van der Waals surface area contributed by atoms with E-state index in [0.29, 0.717) is 31.7 Å². The van der Waals surface area contributed by atoms with Gasteiger partial charge in [0.25, 0.3) is 5.91 Å². The molecule has 2 N–H and O–H groups in total. The van der Waals surface area contributed by atoms with Gasteiger partial charge in [-0.25, -0.2) is 0 Å². The van der Waals surface area contributed by atoms with E-state index in [1.807, 2.05) is 12.1 Å². The molecule has 2 rings (SSSR count). The zero-order valence-electron chi connectivity index (χ0n) is 14.6. The molecule has 0 aliphatic carbocycles. The molecule has 1 amide bonds. The van der Waals surface area contributed by atoms with E-state index in [4.69, 9.17) is 0 Å². The Hall–Kier alpha value is -0.960. The zero-order valence-corrected chi connectivity index (χ0v) is 16.3. The quantitative estimate of drug-likeness (QED) is 0.724. The maximum absolute atomic E-state index is 13.3. The number of benzene rings is 1. The molecule has 148 valence electrons. The highest BCUT2D eigenvalue weighted by molar-refractivity contribution is 7.98. The van der Waals surface area contributed by atoms with E-state index in [0.717, 1.165) is 17.1 Å². The Bertz CT molecular complexity index is 551. The highest BCUT2D eigenvalue weighted by Crippen LogP contribution is 2.25. The molecule has 1 fully saturated rings. The molecule has 1 heterocycles. The van der Waals surface area contributed by atoms with Gasteiger partial charge in [-0.3, -0.25) is 9.69 Å². The maximum atomic E-state index is 13.3. The van der Waals surface area contributed by atoms with Crippen molar-refractivity contribution in [3.05, 3.63) is 35.4 Å². The van der Waals surface area contributed by atoms with Gasteiger partial charge in [0.2, 0.25) is 0 Å². The first kappa shape index (κ1) is 23.1. The third kappa shape index (κ3) is 6.98. The van der Waals surface area contributed by atoms with Crippen molar-refractivity contribution < 1.29 is 18.0 Å². The van der Waals surface area contributed by atoms with Gasteiger partial charge in [-0.15, -0.1) is 12.4 Å². The Morgan fingerprint density at radius 1 is 1.27 bits per heavy atom. The van der Waals surface area contributed by atoms with Crippen molar-refractivity contribution >= 4 is 30.1 Å². The number of rotatable bonds is 7. The molecule has 1 aromatic carbocycles. The van der Waals surface area contributed by atoms with Gasteiger partial charge in [-0.1, -0.05) is 19.1 Å². The first-order valence-corrected chi connectivity index (χ1v) is 9.53. The van der Waals surface area contributed by atoms with Gasteiger partial charge >= 0.3 is 6.18 Å². The number of nitrogens with one attached hydrogen (secondary N) is 2. The van der Waals surface area contributed by atoms with Gasteiger partial charge in [-0.05, 0) is 23.4 Å². The predicted molar refractivity (Wildman–Crippen MR) is 102 cm³/mol. The number of hydrogen-bond acceptors (Lipinski definition) is 4. The van der Waals surface area contributed by atoms with E-state index in [1.165, 1.54) is 4.90 Å². The molecule has 1 aromatic rings. The van der Waals surface area contributed by atoms with E-state index in [2.05, 4.69) is 17.6 Å². The molecule has 0 radical (unpaired) electrons. The number of piperazine rings is 1. The summed E-state index contributed by atoms with van der Waals surface area (Å²) in [6.45, 7) is 3.33. The molecule has 1 atom stereocenters. The van der Waals surface area contributed by atoms with Crippen molar-refractivity contribution in [2.75, 3.05) is 38.5 Å². The molecule has 0 saturated carbocycles. The minimum absolute atomic E-state index is 0. The third-order valence-corrected chi connectivity index (χ3v) is 5.06. The minimum Gasteiger partial charge on any atom is -0.350 e. The summed E-state index contributed by atoms with van der Waals surface area (Å²) >= 11 is 1.77. The van der Waals surface area contributed by atoms with Gasteiger partial charge in [0.05, 0.1) is 0 Å². The van der Waals surface area contributed by atoms with Crippen molar-refractivity contribution in [2.24, 2.45) is 0 Å². The van der Waals surface area contributed by atoms with Crippen molar-refractivity contribution in [3.63, 3.8) is 0 Å². The average molecular weight is 412 g/mol. The second kappa shape index (κ2) is 11.0. The minimum atomic E-state index is -4.37. The average Bonchev–Trinajstić information content (AvgIpc) is 2.60. The fraction of sp³-hybridized carbons (Fsp3) is 0.588. The van der Waals surface area contributed by atoms with Gasteiger partial charge in [0.15, 0.2) is 0 Å². The largest absolute Gasteiger partial charge is 0.405 e. The number of thioether (sulfide) groups is 1. The van der Waals surface area contributed by atoms with Crippen LogP contribution in [0, 0.1) is 0 Å². The molecule has 4 nitrogen and oxygen atoms in total. The summed E-state index contributed by atoms with van der Waals surface area (Å²) in [5.74, 6) is 1.39. The molecule has 1 aliphatic rings. The number of carbonyl (C=O) groups excluding carboxylic acids is 1. The van der Waals surface area contributed by atoms with E-state index >= 15 is 0 Å².